The third-order valence-electron chi connectivity index (χ3n) is 4.71. The highest BCUT2D eigenvalue weighted by Gasteiger charge is 2.56. The largest absolute Gasteiger partial charge is 0.390 e. The molecule has 2 nitrogen and oxygen atoms in total. The average Bonchev–Trinajstić information content (AvgIpc) is 2.58. The normalized spacial score (nSPS) is 57.0. The molecule has 3 rings (SSSR count). The summed E-state index contributed by atoms with van der Waals surface area (Å²) in [6.07, 6.45) is 7.44. The first kappa shape index (κ1) is 9.17. The molecule has 2 aliphatic heterocycles. The van der Waals surface area contributed by atoms with E-state index in [0.717, 1.165) is 12.8 Å². The van der Waals surface area contributed by atoms with Crippen LogP contribution in [0.3, 0.4) is 0 Å². The van der Waals surface area contributed by atoms with Crippen molar-refractivity contribution in [1.29, 1.82) is 0 Å². The second-order valence-electron chi connectivity index (χ2n) is 5.52. The van der Waals surface area contributed by atoms with Crippen LogP contribution in [0, 0.1) is 11.8 Å². The summed E-state index contributed by atoms with van der Waals surface area (Å²) in [5, 5.41) is 10.3. The predicted molar refractivity (Wildman–Crippen MR) is 54.0 cm³/mol. The first-order chi connectivity index (χ1) is 6.72. The van der Waals surface area contributed by atoms with Gasteiger partial charge >= 0.3 is 0 Å². The zero-order chi connectivity index (χ0) is 9.76. The minimum atomic E-state index is -0.202. The van der Waals surface area contributed by atoms with Crippen molar-refractivity contribution in [3.63, 3.8) is 0 Å². The van der Waals surface area contributed by atoms with E-state index in [1.807, 2.05) is 0 Å². The Morgan fingerprint density at radius 3 is 3.00 bits per heavy atom. The minimum absolute atomic E-state index is 0.124. The molecule has 3 aliphatic rings. The topological polar surface area (TPSA) is 29.5 Å². The molecule has 1 N–H and O–H groups in total. The summed E-state index contributed by atoms with van der Waals surface area (Å²) in [5.74, 6) is 1.09. The van der Waals surface area contributed by atoms with E-state index in [0.29, 0.717) is 17.9 Å². The van der Waals surface area contributed by atoms with Crippen LogP contribution in [0.15, 0.2) is 0 Å². The molecule has 5 atom stereocenters. The van der Waals surface area contributed by atoms with Gasteiger partial charge in [0.1, 0.15) is 0 Å². The highest BCUT2D eigenvalue weighted by molar-refractivity contribution is 5.06. The molecular weight excluding hydrogens is 176 g/mol. The first-order valence-corrected chi connectivity index (χ1v) is 6.08. The lowest BCUT2D eigenvalue weighted by atomic mass is 9.70. The molecule has 80 valence electrons. The van der Waals surface area contributed by atoms with Gasteiger partial charge in [-0.15, -0.1) is 0 Å². The third kappa shape index (κ3) is 1.04. The molecule has 0 aromatic carbocycles. The Labute approximate surface area is 85.6 Å². The van der Waals surface area contributed by atoms with Gasteiger partial charge in [0.05, 0.1) is 17.8 Å². The molecular formula is C12H20O2. The summed E-state index contributed by atoms with van der Waals surface area (Å²) < 4.78 is 6.17. The van der Waals surface area contributed by atoms with Crippen molar-refractivity contribution in [2.24, 2.45) is 11.8 Å². The fourth-order valence-corrected chi connectivity index (χ4v) is 4.02. The quantitative estimate of drug-likeness (QED) is 0.643. The number of aliphatic hydroxyl groups excluding tert-OH is 1. The van der Waals surface area contributed by atoms with Crippen LogP contribution in [-0.4, -0.2) is 22.9 Å². The van der Waals surface area contributed by atoms with Gasteiger partial charge in [-0.2, -0.15) is 0 Å². The first-order valence-electron chi connectivity index (χ1n) is 6.08. The standard InChI is InChI=1S/C12H20O2/c1-8-7-10-5-4-9-3-2-6-12(9,14-10)11(8)13/h8-11,13H,2-7H2,1H3/t8-,9-,10+,11+,12-/m1/s1. The maximum absolute atomic E-state index is 10.3. The van der Waals surface area contributed by atoms with Crippen LogP contribution in [0.4, 0.5) is 0 Å². The Hall–Kier alpha value is -0.0800. The lowest BCUT2D eigenvalue weighted by Gasteiger charge is -2.52. The summed E-state index contributed by atoms with van der Waals surface area (Å²) in [4.78, 5) is 0. The van der Waals surface area contributed by atoms with Crippen LogP contribution < -0.4 is 0 Å². The summed E-state index contributed by atoms with van der Waals surface area (Å²) in [7, 11) is 0. The van der Waals surface area contributed by atoms with Gasteiger partial charge in [-0.25, -0.2) is 0 Å². The van der Waals surface area contributed by atoms with Crippen molar-refractivity contribution in [1.82, 2.24) is 0 Å². The molecule has 14 heavy (non-hydrogen) atoms. The van der Waals surface area contributed by atoms with E-state index in [-0.39, 0.29) is 11.7 Å². The zero-order valence-electron chi connectivity index (χ0n) is 8.91. The van der Waals surface area contributed by atoms with Gasteiger partial charge in [-0.1, -0.05) is 13.3 Å². The fourth-order valence-electron chi connectivity index (χ4n) is 4.02. The Morgan fingerprint density at radius 2 is 2.14 bits per heavy atom. The average molecular weight is 196 g/mol. The van der Waals surface area contributed by atoms with Crippen LogP contribution in [0.5, 0.6) is 0 Å². The molecule has 0 radical (unpaired) electrons. The minimum Gasteiger partial charge on any atom is -0.390 e. The fraction of sp³-hybridized carbons (Fsp3) is 1.00. The molecule has 1 spiro atoms. The molecule has 0 unspecified atom stereocenters. The summed E-state index contributed by atoms with van der Waals surface area (Å²) >= 11 is 0. The molecule has 0 aromatic rings. The lowest BCUT2D eigenvalue weighted by Crippen LogP contribution is -2.59. The highest BCUT2D eigenvalue weighted by Crippen LogP contribution is 2.53. The highest BCUT2D eigenvalue weighted by atomic mass is 16.5. The Morgan fingerprint density at radius 1 is 1.29 bits per heavy atom. The van der Waals surface area contributed by atoms with Crippen molar-refractivity contribution in [3.05, 3.63) is 0 Å². The van der Waals surface area contributed by atoms with E-state index < -0.39 is 0 Å². The maximum Gasteiger partial charge on any atom is 0.0974 e. The summed E-state index contributed by atoms with van der Waals surface area (Å²) in [5.41, 5.74) is -0.124. The van der Waals surface area contributed by atoms with Gasteiger partial charge in [0.15, 0.2) is 0 Å². The molecule has 2 heteroatoms. The van der Waals surface area contributed by atoms with E-state index in [2.05, 4.69) is 6.92 Å². The lowest BCUT2D eigenvalue weighted by molar-refractivity contribution is -0.246. The third-order valence-corrected chi connectivity index (χ3v) is 4.71. The van der Waals surface area contributed by atoms with E-state index >= 15 is 0 Å². The molecule has 2 saturated heterocycles. The molecule has 2 bridgehead atoms. The van der Waals surface area contributed by atoms with Gasteiger partial charge in [-0.05, 0) is 43.9 Å². The molecule has 0 amide bonds. The number of hydrogen-bond donors (Lipinski definition) is 1. The number of aliphatic hydroxyl groups is 1. The van der Waals surface area contributed by atoms with Crippen LogP contribution in [-0.2, 0) is 4.74 Å². The van der Waals surface area contributed by atoms with E-state index in [9.17, 15) is 5.11 Å². The van der Waals surface area contributed by atoms with Crippen LogP contribution in [0.1, 0.15) is 45.4 Å². The molecule has 0 aromatic heterocycles. The smallest absolute Gasteiger partial charge is 0.0974 e. The van der Waals surface area contributed by atoms with Gasteiger partial charge in [0, 0.05) is 0 Å². The van der Waals surface area contributed by atoms with Gasteiger partial charge < -0.3 is 9.84 Å². The number of rotatable bonds is 0. The number of ether oxygens (including phenoxy) is 1. The number of fused-ring (bicyclic) bond motifs is 1. The molecule has 1 aliphatic carbocycles. The summed E-state index contributed by atoms with van der Waals surface area (Å²) in [6.45, 7) is 2.18. The van der Waals surface area contributed by atoms with Crippen molar-refractivity contribution in [3.8, 4) is 0 Å². The second-order valence-corrected chi connectivity index (χ2v) is 5.52. The molecule has 3 fully saturated rings. The van der Waals surface area contributed by atoms with Crippen LogP contribution in [0.25, 0.3) is 0 Å². The van der Waals surface area contributed by atoms with Gasteiger partial charge in [0.2, 0.25) is 0 Å². The monoisotopic (exact) mass is 196 g/mol. The van der Waals surface area contributed by atoms with Gasteiger partial charge in [0.25, 0.3) is 0 Å². The Balaban J connectivity index is 1.95. The summed E-state index contributed by atoms with van der Waals surface area (Å²) in [6, 6.07) is 0. The zero-order valence-corrected chi connectivity index (χ0v) is 8.91. The van der Waals surface area contributed by atoms with Crippen LogP contribution >= 0.6 is 0 Å². The molecule has 2 heterocycles. The Kier molecular flexibility index (Phi) is 1.94. The van der Waals surface area contributed by atoms with Gasteiger partial charge in [-0.3, -0.25) is 0 Å². The van der Waals surface area contributed by atoms with Crippen molar-refractivity contribution < 1.29 is 9.84 Å². The molecule has 1 saturated carbocycles. The van der Waals surface area contributed by atoms with Crippen molar-refractivity contribution in [2.45, 2.75) is 63.3 Å². The number of hydrogen-bond acceptors (Lipinski definition) is 2. The Bertz CT molecular complexity index is 240. The van der Waals surface area contributed by atoms with Crippen molar-refractivity contribution in [2.75, 3.05) is 0 Å². The van der Waals surface area contributed by atoms with Crippen molar-refractivity contribution >= 4 is 0 Å². The second kappa shape index (κ2) is 2.96. The maximum atomic E-state index is 10.3. The van der Waals surface area contributed by atoms with E-state index in [1.54, 1.807) is 0 Å². The van der Waals surface area contributed by atoms with Crippen LogP contribution in [0.2, 0.25) is 0 Å². The van der Waals surface area contributed by atoms with E-state index in [1.165, 1.54) is 25.7 Å². The SMILES string of the molecule is C[C@@H]1C[C@@H]2CC[C@H]3CCC[C@]3(O2)[C@H]1O. The van der Waals surface area contributed by atoms with E-state index in [4.69, 9.17) is 4.74 Å². The predicted octanol–water partition coefficient (Wildman–Crippen LogP) is 2.11.